The zero-order chi connectivity index (χ0) is 34.7. The second kappa shape index (κ2) is 23.2. The van der Waals surface area contributed by atoms with E-state index < -0.39 is 0 Å². The maximum atomic E-state index is 11.9. The predicted molar refractivity (Wildman–Crippen MR) is 206 cm³/mol. The summed E-state index contributed by atoms with van der Waals surface area (Å²) in [6, 6.07) is 8.43. The van der Waals surface area contributed by atoms with Gasteiger partial charge in [-0.25, -0.2) is 0 Å². The Morgan fingerprint density at radius 1 is 0.750 bits per heavy atom. The SMILES string of the molecule is CCCCC(CC)COC(=O)CCSc1cc(Br)c2c(c1)CCO2.CCCCC(CC)COC(=O)CCSc1cc2c(cc1Br)OCC2. The number of benzene rings is 2. The molecule has 2 aliphatic heterocycles. The number of halogens is 2. The number of ether oxygens (including phenoxy) is 4. The van der Waals surface area contributed by atoms with Crippen molar-refractivity contribution < 1.29 is 28.5 Å². The highest BCUT2D eigenvalue weighted by molar-refractivity contribution is 9.10. The standard InChI is InChI=1S/2C19H27BrO3S/c1-3-5-6-14(4-2)13-23-19(21)8-10-24-18-11-15-7-9-22-17(15)12-16(18)20;1-3-5-6-14(4-2)13-23-18(21)8-10-24-16-11-15-7-9-22-19(15)17(20)12-16/h2*11-12,14H,3-10,13H2,1-2H3. The van der Waals surface area contributed by atoms with E-state index in [2.05, 4.69) is 77.8 Å². The minimum Gasteiger partial charge on any atom is -0.493 e. The summed E-state index contributed by atoms with van der Waals surface area (Å²) in [4.78, 5) is 26.2. The summed E-state index contributed by atoms with van der Waals surface area (Å²) < 4.78 is 24.1. The third-order valence-electron chi connectivity index (χ3n) is 8.64. The van der Waals surface area contributed by atoms with E-state index in [1.54, 1.807) is 23.5 Å². The van der Waals surface area contributed by atoms with Gasteiger partial charge in [-0.05, 0) is 91.9 Å². The van der Waals surface area contributed by atoms with Crippen LogP contribution in [-0.4, -0.2) is 49.9 Å². The Morgan fingerprint density at radius 3 is 1.94 bits per heavy atom. The van der Waals surface area contributed by atoms with Gasteiger partial charge in [0.15, 0.2) is 0 Å². The quantitative estimate of drug-likeness (QED) is 0.0965. The van der Waals surface area contributed by atoms with E-state index in [0.29, 0.717) is 37.9 Å². The second-order valence-corrected chi connectivity index (χ2v) is 16.4. The van der Waals surface area contributed by atoms with Crippen molar-refractivity contribution in [1.29, 1.82) is 0 Å². The van der Waals surface area contributed by atoms with Crippen LogP contribution in [0.1, 0.15) is 103 Å². The first-order valence-electron chi connectivity index (χ1n) is 17.7. The van der Waals surface area contributed by atoms with Crippen LogP contribution in [0, 0.1) is 11.8 Å². The number of rotatable bonds is 20. The Morgan fingerprint density at radius 2 is 1.33 bits per heavy atom. The molecule has 2 aliphatic rings. The van der Waals surface area contributed by atoms with Gasteiger partial charge in [-0.15, -0.1) is 23.5 Å². The van der Waals surface area contributed by atoms with Crippen LogP contribution in [0.3, 0.4) is 0 Å². The van der Waals surface area contributed by atoms with Gasteiger partial charge in [0, 0.05) is 38.6 Å². The summed E-state index contributed by atoms with van der Waals surface area (Å²) in [6.45, 7) is 11.4. The predicted octanol–water partition coefficient (Wildman–Crippen LogP) is 11.3. The Kier molecular flexibility index (Phi) is 19.8. The molecule has 0 saturated carbocycles. The molecule has 0 saturated heterocycles. The van der Waals surface area contributed by atoms with Crippen LogP contribution in [0.5, 0.6) is 11.5 Å². The fraction of sp³-hybridized carbons (Fsp3) is 0.632. The first-order chi connectivity index (χ1) is 23.3. The lowest BCUT2D eigenvalue weighted by atomic mass is 10.0. The highest BCUT2D eigenvalue weighted by atomic mass is 79.9. The summed E-state index contributed by atoms with van der Waals surface area (Å²) in [7, 11) is 0. The first-order valence-corrected chi connectivity index (χ1v) is 21.3. The maximum Gasteiger partial charge on any atom is 0.306 e. The zero-order valence-corrected chi connectivity index (χ0v) is 34.0. The van der Waals surface area contributed by atoms with Crippen LogP contribution in [0.4, 0.5) is 0 Å². The summed E-state index contributed by atoms with van der Waals surface area (Å²) >= 11 is 10.5. The molecule has 2 unspecified atom stereocenters. The van der Waals surface area contributed by atoms with E-state index in [4.69, 9.17) is 18.9 Å². The van der Waals surface area contributed by atoms with Gasteiger partial charge in [-0.1, -0.05) is 66.2 Å². The molecule has 10 heteroatoms. The van der Waals surface area contributed by atoms with Gasteiger partial charge in [0.2, 0.25) is 0 Å². The monoisotopic (exact) mass is 828 g/mol. The van der Waals surface area contributed by atoms with Crippen LogP contribution in [0.15, 0.2) is 43.0 Å². The topological polar surface area (TPSA) is 71.1 Å². The zero-order valence-electron chi connectivity index (χ0n) is 29.2. The van der Waals surface area contributed by atoms with Crippen LogP contribution in [0.2, 0.25) is 0 Å². The van der Waals surface area contributed by atoms with E-state index in [0.717, 1.165) is 83.7 Å². The minimum absolute atomic E-state index is 0.0824. The molecule has 268 valence electrons. The van der Waals surface area contributed by atoms with Crippen molar-refractivity contribution in [3.8, 4) is 11.5 Å². The summed E-state index contributed by atoms with van der Waals surface area (Å²) in [5, 5.41) is 0. The van der Waals surface area contributed by atoms with Crippen molar-refractivity contribution >= 4 is 67.3 Å². The molecule has 2 heterocycles. The van der Waals surface area contributed by atoms with Crippen molar-refractivity contribution in [2.75, 3.05) is 37.9 Å². The average molecular weight is 831 g/mol. The van der Waals surface area contributed by atoms with Crippen molar-refractivity contribution in [2.24, 2.45) is 11.8 Å². The van der Waals surface area contributed by atoms with Crippen molar-refractivity contribution in [1.82, 2.24) is 0 Å². The number of thioether (sulfide) groups is 2. The maximum absolute atomic E-state index is 11.9. The molecule has 0 aromatic heterocycles. The van der Waals surface area contributed by atoms with E-state index in [1.165, 1.54) is 46.6 Å². The molecule has 0 spiro atoms. The molecule has 0 N–H and O–H groups in total. The highest BCUT2D eigenvalue weighted by Gasteiger charge is 2.18. The number of fused-ring (bicyclic) bond motifs is 2. The molecular weight excluding hydrogens is 776 g/mol. The normalized spacial score (nSPS) is 14.1. The molecule has 2 aromatic carbocycles. The lowest BCUT2D eigenvalue weighted by Gasteiger charge is -2.14. The van der Waals surface area contributed by atoms with Crippen LogP contribution >= 0.6 is 55.4 Å². The van der Waals surface area contributed by atoms with Gasteiger partial charge in [0.25, 0.3) is 0 Å². The summed E-state index contributed by atoms with van der Waals surface area (Å²) in [6.07, 6.45) is 12.1. The highest BCUT2D eigenvalue weighted by Crippen LogP contribution is 2.38. The molecule has 2 atom stereocenters. The van der Waals surface area contributed by atoms with Gasteiger partial charge in [-0.3, -0.25) is 9.59 Å². The number of unbranched alkanes of at least 4 members (excludes halogenated alkanes) is 2. The molecule has 48 heavy (non-hydrogen) atoms. The molecule has 0 aliphatic carbocycles. The molecule has 6 nitrogen and oxygen atoms in total. The number of carbonyl (C=O) groups is 2. The minimum atomic E-state index is -0.0851. The lowest BCUT2D eigenvalue weighted by Crippen LogP contribution is -2.14. The van der Waals surface area contributed by atoms with Gasteiger partial charge in [0.05, 0.1) is 43.7 Å². The van der Waals surface area contributed by atoms with Crippen molar-refractivity contribution in [2.45, 2.75) is 115 Å². The van der Waals surface area contributed by atoms with Crippen LogP contribution in [0.25, 0.3) is 0 Å². The number of esters is 2. The Labute approximate surface area is 314 Å². The second-order valence-electron chi connectivity index (χ2n) is 12.4. The number of hydrogen-bond donors (Lipinski definition) is 0. The van der Waals surface area contributed by atoms with Gasteiger partial charge < -0.3 is 18.9 Å². The van der Waals surface area contributed by atoms with Crippen molar-refractivity contribution in [3.63, 3.8) is 0 Å². The third-order valence-corrected chi connectivity index (χ3v) is 12.2. The summed E-state index contributed by atoms with van der Waals surface area (Å²) in [5.41, 5.74) is 2.50. The van der Waals surface area contributed by atoms with Crippen LogP contribution in [-0.2, 0) is 31.9 Å². The van der Waals surface area contributed by atoms with Crippen LogP contribution < -0.4 is 9.47 Å². The molecule has 0 bridgehead atoms. The van der Waals surface area contributed by atoms with E-state index in [1.807, 2.05) is 6.07 Å². The van der Waals surface area contributed by atoms with Crippen molar-refractivity contribution in [3.05, 3.63) is 44.3 Å². The number of carbonyl (C=O) groups excluding carboxylic acids is 2. The first kappa shape index (κ1) is 41.1. The fourth-order valence-electron chi connectivity index (χ4n) is 5.46. The molecule has 0 radical (unpaired) electrons. The van der Waals surface area contributed by atoms with Gasteiger partial charge >= 0.3 is 11.9 Å². The fourth-order valence-corrected chi connectivity index (χ4v) is 8.74. The Bertz CT molecular complexity index is 1290. The average Bonchev–Trinajstić information content (AvgIpc) is 3.75. The largest absolute Gasteiger partial charge is 0.493 e. The molecule has 0 fully saturated rings. The Balaban J connectivity index is 0.000000260. The number of hydrogen-bond acceptors (Lipinski definition) is 8. The van der Waals surface area contributed by atoms with Gasteiger partial charge in [-0.2, -0.15) is 0 Å². The molecule has 0 amide bonds. The van der Waals surface area contributed by atoms with Gasteiger partial charge in [0.1, 0.15) is 11.5 Å². The molecule has 2 aromatic rings. The lowest BCUT2D eigenvalue weighted by molar-refractivity contribution is -0.145. The molecular formula is C38H54Br2O6S2. The smallest absolute Gasteiger partial charge is 0.306 e. The Hall–Kier alpha value is -1.36. The van der Waals surface area contributed by atoms with E-state index >= 15 is 0 Å². The third kappa shape index (κ3) is 14.5. The van der Waals surface area contributed by atoms with E-state index in [-0.39, 0.29) is 11.9 Å². The molecule has 4 rings (SSSR count). The van der Waals surface area contributed by atoms with E-state index in [9.17, 15) is 9.59 Å². The summed E-state index contributed by atoms with van der Waals surface area (Å²) in [5.74, 6) is 4.28.